The second-order valence-corrected chi connectivity index (χ2v) is 10.1. The maximum atomic E-state index is 10.7. The van der Waals surface area contributed by atoms with Crippen LogP contribution >= 0.6 is 23.2 Å². The number of hydrogen-bond acceptors (Lipinski definition) is 4. The quantitative estimate of drug-likeness (QED) is 0.240. The molecule has 0 bridgehead atoms. The van der Waals surface area contributed by atoms with E-state index in [0.717, 1.165) is 15.8 Å². The first-order chi connectivity index (χ1) is 14.4. The number of ether oxygens (including phenoxy) is 1. The van der Waals surface area contributed by atoms with E-state index in [-0.39, 0.29) is 10.9 Å². The van der Waals surface area contributed by atoms with Crippen LogP contribution in [0, 0.1) is 0 Å². The molecule has 0 fully saturated rings. The Labute approximate surface area is 190 Å². The van der Waals surface area contributed by atoms with Gasteiger partial charge in [-0.2, -0.15) is 13.2 Å². The van der Waals surface area contributed by atoms with Crippen molar-refractivity contribution in [3.05, 3.63) is 82.8 Å². The highest BCUT2D eigenvalue weighted by atomic mass is 35.5. The second-order valence-electron chi connectivity index (χ2n) is 5.79. The van der Waals surface area contributed by atoms with Crippen LogP contribution < -0.4 is 4.74 Å². The highest BCUT2D eigenvalue weighted by Gasteiger charge is 2.37. The molecule has 166 valence electrons. The fourth-order valence-corrected chi connectivity index (χ4v) is 4.55. The van der Waals surface area contributed by atoms with Crippen LogP contribution in [0.3, 0.4) is 0 Å². The van der Waals surface area contributed by atoms with Gasteiger partial charge in [-0.05, 0) is 72.8 Å². The average molecular weight is 511 g/mol. The highest BCUT2D eigenvalue weighted by Crippen LogP contribution is 2.33. The van der Waals surface area contributed by atoms with Gasteiger partial charge in [0.1, 0.15) is 5.75 Å². The molecule has 0 saturated heterocycles. The molecule has 0 aliphatic carbocycles. The molecule has 0 aliphatic rings. The molecular weight excluding hydrogens is 496 g/mol. The number of methoxy groups -OCH3 is 1. The van der Waals surface area contributed by atoms with Crippen LogP contribution in [0.2, 0.25) is 10.0 Å². The number of hydrogen-bond donors (Lipinski definition) is 0. The molecule has 0 atom stereocenters. The normalized spacial score (nSPS) is 11.6. The van der Waals surface area contributed by atoms with Crippen LogP contribution in [0.5, 0.6) is 5.75 Å². The van der Waals surface area contributed by atoms with Gasteiger partial charge >= 0.3 is 5.51 Å². The van der Waals surface area contributed by atoms with E-state index < -0.39 is 15.6 Å². The molecule has 0 spiro atoms. The van der Waals surface area contributed by atoms with Crippen LogP contribution in [0.1, 0.15) is 0 Å². The fourth-order valence-electron chi connectivity index (χ4n) is 2.26. The molecule has 11 heteroatoms. The molecule has 0 aromatic heterocycles. The Kier molecular flexibility index (Phi) is 8.67. The molecule has 3 aromatic rings. The predicted octanol–water partition coefficient (Wildman–Crippen LogP) is 6.15. The lowest BCUT2D eigenvalue weighted by Gasteiger charge is -2.09. The predicted molar refractivity (Wildman–Crippen MR) is 114 cm³/mol. The van der Waals surface area contributed by atoms with Crippen molar-refractivity contribution in [2.24, 2.45) is 0 Å². The molecule has 4 nitrogen and oxygen atoms in total. The molecule has 0 radical (unpaired) electrons. The number of alkyl halides is 3. The maximum absolute atomic E-state index is 10.7. The lowest BCUT2D eigenvalue weighted by atomic mass is 10.3. The molecular formula is C20H15Cl2F3O4S2. The SMILES string of the molecule is COc1ccc([S+](c2ccc(Cl)cc2)c2ccc(Cl)cc2)cc1.O=S(=O)([O-])C(F)(F)F. The largest absolute Gasteiger partial charge is 0.741 e. The standard InChI is InChI=1S/C19H15Cl2OS.CHF3O3S/c1-22-16-6-12-19(13-7-16)23(17-8-2-14(20)3-9-17)18-10-4-15(21)5-11-18;2-1(3,4)8(5,6)7/h2-13H,1H3;(H,5,6,7)/q+1;/p-1. The van der Waals surface area contributed by atoms with Gasteiger partial charge in [0, 0.05) is 10.0 Å². The Bertz CT molecular complexity index is 1040. The van der Waals surface area contributed by atoms with E-state index in [1.165, 1.54) is 14.7 Å². The van der Waals surface area contributed by atoms with Gasteiger partial charge in [0.2, 0.25) is 0 Å². The van der Waals surface area contributed by atoms with Crippen molar-refractivity contribution in [2.45, 2.75) is 20.2 Å². The van der Waals surface area contributed by atoms with Gasteiger partial charge in [0.25, 0.3) is 0 Å². The van der Waals surface area contributed by atoms with Gasteiger partial charge in [-0.15, -0.1) is 0 Å². The zero-order valence-corrected chi connectivity index (χ0v) is 18.9. The Morgan fingerprint density at radius 2 is 1.06 bits per heavy atom. The number of benzene rings is 3. The van der Waals surface area contributed by atoms with E-state index >= 15 is 0 Å². The summed E-state index contributed by atoms with van der Waals surface area (Å²) in [5.41, 5.74) is -5.65. The van der Waals surface area contributed by atoms with Crippen molar-refractivity contribution in [1.82, 2.24) is 0 Å². The smallest absolute Gasteiger partial charge is 0.485 e. The summed E-state index contributed by atoms with van der Waals surface area (Å²) in [5, 5.41) is 1.48. The fraction of sp³-hybridized carbons (Fsp3) is 0.100. The summed E-state index contributed by atoms with van der Waals surface area (Å²) in [6.45, 7) is 0. The van der Waals surface area contributed by atoms with Crippen LogP contribution in [-0.4, -0.2) is 25.6 Å². The number of rotatable bonds is 4. The Balaban J connectivity index is 0.000000366. The third kappa shape index (κ3) is 7.33. The summed E-state index contributed by atoms with van der Waals surface area (Å²) in [4.78, 5) is 3.64. The minimum Gasteiger partial charge on any atom is -0.741 e. The second kappa shape index (κ2) is 10.6. The lowest BCUT2D eigenvalue weighted by Crippen LogP contribution is -2.21. The topological polar surface area (TPSA) is 66.4 Å². The Morgan fingerprint density at radius 3 is 1.32 bits per heavy atom. The van der Waals surface area contributed by atoms with Crippen molar-refractivity contribution < 1.29 is 30.9 Å². The molecule has 3 rings (SSSR count). The Hall–Kier alpha value is -1.91. The summed E-state index contributed by atoms with van der Waals surface area (Å²) in [7, 11) is -4.63. The van der Waals surface area contributed by atoms with Gasteiger partial charge in [-0.1, -0.05) is 23.2 Å². The number of halogens is 5. The monoisotopic (exact) mass is 510 g/mol. The first kappa shape index (κ1) is 25.4. The molecule has 0 heterocycles. The van der Waals surface area contributed by atoms with Crippen LogP contribution in [0.25, 0.3) is 0 Å². The maximum Gasteiger partial charge on any atom is 0.485 e. The van der Waals surface area contributed by atoms with Gasteiger partial charge in [0.15, 0.2) is 24.8 Å². The average Bonchev–Trinajstić information content (AvgIpc) is 2.70. The summed E-state index contributed by atoms with van der Waals surface area (Å²) in [6, 6.07) is 24.2. The van der Waals surface area contributed by atoms with E-state index in [9.17, 15) is 13.2 Å². The van der Waals surface area contributed by atoms with Crippen molar-refractivity contribution >= 4 is 44.2 Å². The van der Waals surface area contributed by atoms with Crippen LogP contribution in [-0.2, 0) is 21.0 Å². The van der Waals surface area contributed by atoms with E-state index in [1.54, 1.807) is 7.11 Å². The minimum absolute atomic E-state index is 0.214. The van der Waals surface area contributed by atoms with E-state index in [2.05, 4.69) is 36.4 Å². The van der Waals surface area contributed by atoms with E-state index in [4.69, 9.17) is 40.9 Å². The molecule has 0 amide bonds. The first-order valence-electron chi connectivity index (χ1n) is 8.34. The zero-order chi connectivity index (χ0) is 23.2. The zero-order valence-electron chi connectivity index (χ0n) is 15.8. The van der Waals surface area contributed by atoms with Crippen molar-refractivity contribution in [2.75, 3.05) is 7.11 Å². The summed E-state index contributed by atoms with van der Waals surface area (Å²) >= 11 is 12.1. The van der Waals surface area contributed by atoms with Crippen LogP contribution in [0.4, 0.5) is 13.2 Å². The molecule has 31 heavy (non-hydrogen) atoms. The molecule has 0 saturated carbocycles. The van der Waals surface area contributed by atoms with Crippen molar-refractivity contribution in [3.8, 4) is 5.75 Å². The molecule has 0 N–H and O–H groups in total. The third-order valence-corrected chi connectivity index (χ3v) is 6.98. The highest BCUT2D eigenvalue weighted by molar-refractivity contribution is 7.97. The van der Waals surface area contributed by atoms with E-state index in [1.807, 2.05) is 36.4 Å². The van der Waals surface area contributed by atoms with Gasteiger partial charge in [-0.3, -0.25) is 0 Å². The summed E-state index contributed by atoms with van der Waals surface area (Å²) < 4.78 is 64.2. The lowest BCUT2D eigenvalue weighted by molar-refractivity contribution is -0.0517. The molecule has 0 unspecified atom stereocenters. The summed E-state index contributed by atoms with van der Waals surface area (Å²) in [5.74, 6) is 0.851. The van der Waals surface area contributed by atoms with E-state index in [0.29, 0.717) is 0 Å². The molecule has 3 aromatic carbocycles. The van der Waals surface area contributed by atoms with Gasteiger partial charge in [0.05, 0.1) is 18.0 Å². The first-order valence-corrected chi connectivity index (χ1v) is 11.7. The third-order valence-electron chi connectivity index (χ3n) is 3.68. The van der Waals surface area contributed by atoms with Crippen molar-refractivity contribution in [3.63, 3.8) is 0 Å². The summed E-state index contributed by atoms with van der Waals surface area (Å²) in [6.07, 6.45) is 0. The molecule has 0 aliphatic heterocycles. The minimum atomic E-state index is -6.09. The Morgan fingerprint density at radius 1 is 0.774 bits per heavy atom. The van der Waals surface area contributed by atoms with Crippen LogP contribution in [0.15, 0.2) is 87.5 Å². The van der Waals surface area contributed by atoms with Crippen molar-refractivity contribution in [1.29, 1.82) is 0 Å². The van der Waals surface area contributed by atoms with Gasteiger partial charge < -0.3 is 9.29 Å². The van der Waals surface area contributed by atoms with Gasteiger partial charge in [-0.25, -0.2) is 8.42 Å².